The van der Waals surface area contributed by atoms with Gasteiger partial charge < -0.3 is 9.31 Å². The Balaban J connectivity index is 1.84. The topological polar surface area (TPSA) is 18.5 Å². The highest BCUT2D eigenvalue weighted by atomic mass is 32.1. The Morgan fingerprint density at radius 1 is 0.955 bits per heavy atom. The van der Waals surface area contributed by atoms with E-state index in [1.807, 2.05) is 12.1 Å². The van der Waals surface area contributed by atoms with Gasteiger partial charge in [0.25, 0.3) is 0 Å². The molecule has 4 heteroatoms. The van der Waals surface area contributed by atoms with Crippen molar-refractivity contribution in [3.05, 3.63) is 42.4 Å². The van der Waals surface area contributed by atoms with Crippen molar-refractivity contribution in [2.45, 2.75) is 38.9 Å². The predicted molar refractivity (Wildman–Crippen MR) is 95.0 cm³/mol. The molecule has 0 amide bonds. The van der Waals surface area contributed by atoms with Crippen molar-refractivity contribution in [1.29, 1.82) is 0 Å². The molecule has 22 heavy (non-hydrogen) atoms. The van der Waals surface area contributed by atoms with Crippen LogP contribution in [0.2, 0.25) is 0 Å². The molecule has 0 radical (unpaired) electrons. The third-order valence-corrected chi connectivity index (χ3v) is 5.97. The second-order valence-corrected chi connectivity index (χ2v) is 7.91. The molecule has 1 saturated heterocycles. The van der Waals surface area contributed by atoms with E-state index in [0.29, 0.717) is 6.04 Å². The lowest BCUT2D eigenvalue weighted by Gasteiger charge is -2.32. The van der Waals surface area contributed by atoms with E-state index in [1.54, 1.807) is 11.3 Å². The number of rotatable bonds is 1. The minimum absolute atomic E-state index is 0.336. The van der Waals surface area contributed by atoms with Crippen LogP contribution >= 0.6 is 11.3 Å². The van der Waals surface area contributed by atoms with Crippen LogP contribution in [0.4, 0.5) is 0 Å². The summed E-state index contributed by atoms with van der Waals surface area (Å²) in [5.41, 5.74) is 0.362. The lowest BCUT2D eigenvalue weighted by molar-refractivity contribution is 0.00578. The van der Waals surface area contributed by atoms with Crippen LogP contribution in [0.15, 0.2) is 42.4 Å². The van der Waals surface area contributed by atoms with E-state index in [0.717, 1.165) is 15.5 Å². The summed E-state index contributed by atoms with van der Waals surface area (Å²) in [5.74, 6) is 0. The van der Waals surface area contributed by atoms with Gasteiger partial charge in [0.2, 0.25) is 0 Å². The second kappa shape index (κ2) is 4.57. The molecule has 2 nitrogen and oxygen atoms in total. The maximum Gasteiger partial charge on any atom is 0.494 e. The van der Waals surface area contributed by atoms with Gasteiger partial charge in [-0.05, 0) is 50.7 Å². The normalized spacial score (nSPS) is 20.7. The van der Waals surface area contributed by atoms with Crippen molar-refractivity contribution >= 4 is 44.1 Å². The third kappa shape index (κ3) is 2.02. The number of fused-ring (bicyclic) bond motifs is 3. The molecule has 2 aromatic carbocycles. The Bertz CT molecular complexity index is 900. The summed E-state index contributed by atoms with van der Waals surface area (Å²) in [6.07, 6.45) is 0. The molecule has 1 fully saturated rings. The van der Waals surface area contributed by atoms with Crippen molar-refractivity contribution in [2.75, 3.05) is 0 Å². The standard InChI is InChI=1S/C18H19BO2S/c1-17(2)18(3,4)21-19(20-17)12-9-10-16-14(11-12)13-7-5-6-8-15(13)22-16/h5-11H,1-4H3/i8D. The molecule has 2 heterocycles. The highest BCUT2D eigenvalue weighted by Crippen LogP contribution is 2.37. The van der Waals surface area contributed by atoms with E-state index >= 15 is 0 Å². The Hall–Kier alpha value is -1.36. The van der Waals surface area contributed by atoms with Gasteiger partial charge in [-0.3, -0.25) is 0 Å². The molecule has 112 valence electrons. The van der Waals surface area contributed by atoms with Crippen LogP contribution in [0.3, 0.4) is 0 Å². The quantitative estimate of drug-likeness (QED) is 0.622. The zero-order chi connectivity index (χ0) is 16.4. The maximum atomic E-state index is 8.08. The van der Waals surface area contributed by atoms with Crippen LogP contribution in [-0.2, 0) is 9.31 Å². The molecule has 0 spiro atoms. The van der Waals surface area contributed by atoms with Crippen molar-refractivity contribution in [3.63, 3.8) is 0 Å². The van der Waals surface area contributed by atoms with Crippen LogP contribution in [0, 0.1) is 0 Å². The van der Waals surface area contributed by atoms with E-state index in [1.165, 1.54) is 10.1 Å². The number of benzene rings is 2. The largest absolute Gasteiger partial charge is 0.494 e. The average molecular weight is 311 g/mol. The van der Waals surface area contributed by atoms with Gasteiger partial charge in [-0.25, -0.2) is 0 Å². The van der Waals surface area contributed by atoms with Gasteiger partial charge >= 0.3 is 7.12 Å². The first-order chi connectivity index (χ1) is 10.8. The van der Waals surface area contributed by atoms with Gasteiger partial charge in [-0.2, -0.15) is 0 Å². The van der Waals surface area contributed by atoms with E-state index in [9.17, 15) is 0 Å². The monoisotopic (exact) mass is 311 g/mol. The SMILES string of the molecule is [2H]c1cccc2c1sc1ccc(B3OC(C)(C)C(C)(C)O3)cc12. The molecule has 4 rings (SSSR count). The third-order valence-electron chi connectivity index (χ3n) is 4.85. The molecule has 3 aromatic rings. The molecule has 0 aliphatic carbocycles. The Morgan fingerprint density at radius 2 is 1.68 bits per heavy atom. The highest BCUT2D eigenvalue weighted by Gasteiger charge is 2.51. The Labute approximate surface area is 136 Å². The molecule has 0 unspecified atom stereocenters. The minimum Gasteiger partial charge on any atom is -0.399 e. The molecule has 1 aliphatic heterocycles. The van der Waals surface area contributed by atoms with Gasteiger partial charge in [-0.15, -0.1) is 11.3 Å². The van der Waals surface area contributed by atoms with E-state index in [2.05, 4.69) is 52.0 Å². The summed E-state index contributed by atoms with van der Waals surface area (Å²) < 4.78 is 22.6. The molecule has 0 saturated carbocycles. The van der Waals surface area contributed by atoms with E-state index in [4.69, 9.17) is 10.7 Å². The van der Waals surface area contributed by atoms with Crippen LogP contribution < -0.4 is 5.46 Å². The first kappa shape index (κ1) is 13.1. The van der Waals surface area contributed by atoms with Crippen LogP contribution in [0.25, 0.3) is 20.2 Å². The van der Waals surface area contributed by atoms with Crippen molar-refractivity contribution in [1.82, 2.24) is 0 Å². The summed E-state index contributed by atoms with van der Waals surface area (Å²) in [6.45, 7) is 8.27. The maximum absolute atomic E-state index is 8.08. The zero-order valence-corrected chi connectivity index (χ0v) is 14.1. The van der Waals surface area contributed by atoms with Gasteiger partial charge in [0, 0.05) is 14.8 Å². The molecule has 1 aliphatic rings. The van der Waals surface area contributed by atoms with Crippen LogP contribution in [-0.4, -0.2) is 18.3 Å². The summed E-state index contributed by atoms with van der Waals surface area (Å²) in [4.78, 5) is 0. The average Bonchev–Trinajstić information content (AvgIpc) is 2.95. The molecule has 0 bridgehead atoms. The van der Waals surface area contributed by atoms with Crippen molar-refractivity contribution in [3.8, 4) is 0 Å². The molecular formula is C18H19BO2S. The summed E-state index contributed by atoms with van der Waals surface area (Å²) in [5, 5.41) is 2.31. The number of hydrogen-bond acceptors (Lipinski definition) is 3. The number of thiophene rings is 1. The fourth-order valence-corrected chi connectivity index (χ4v) is 3.85. The van der Waals surface area contributed by atoms with Gasteiger partial charge in [-0.1, -0.05) is 30.3 Å². The van der Waals surface area contributed by atoms with Crippen molar-refractivity contribution < 1.29 is 10.7 Å². The Kier molecular flexibility index (Phi) is 2.73. The lowest BCUT2D eigenvalue weighted by Crippen LogP contribution is -2.41. The second-order valence-electron chi connectivity index (χ2n) is 6.86. The Morgan fingerprint density at radius 3 is 2.41 bits per heavy atom. The smallest absolute Gasteiger partial charge is 0.399 e. The minimum atomic E-state index is -0.349. The van der Waals surface area contributed by atoms with Crippen LogP contribution in [0.5, 0.6) is 0 Å². The molecule has 0 N–H and O–H groups in total. The van der Waals surface area contributed by atoms with Gasteiger partial charge in [0.1, 0.15) is 0 Å². The summed E-state index contributed by atoms with van der Waals surface area (Å²) in [7, 11) is -0.349. The molecular weight excluding hydrogens is 291 g/mol. The zero-order valence-electron chi connectivity index (χ0n) is 14.3. The van der Waals surface area contributed by atoms with E-state index < -0.39 is 0 Å². The fraction of sp³-hybridized carbons (Fsp3) is 0.333. The predicted octanol–water partition coefficient (Wildman–Crippen LogP) is 4.35. The van der Waals surface area contributed by atoms with Crippen LogP contribution in [0.1, 0.15) is 29.1 Å². The van der Waals surface area contributed by atoms with Gasteiger partial charge in [0.15, 0.2) is 0 Å². The van der Waals surface area contributed by atoms with E-state index in [-0.39, 0.29) is 18.3 Å². The van der Waals surface area contributed by atoms with Gasteiger partial charge in [0.05, 0.1) is 12.6 Å². The first-order valence-electron chi connectivity index (χ1n) is 8.06. The van der Waals surface area contributed by atoms with Crippen molar-refractivity contribution in [2.24, 2.45) is 0 Å². The fourth-order valence-electron chi connectivity index (χ4n) is 2.80. The summed E-state index contributed by atoms with van der Waals surface area (Å²) in [6, 6.07) is 12.8. The number of hydrogen-bond donors (Lipinski definition) is 0. The first-order valence-corrected chi connectivity index (χ1v) is 8.38. The highest BCUT2D eigenvalue weighted by molar-refractivity contribution is 7.25. The molecule has 1 aromatic heterocycles. The lowest BCUT2D eigenvalue weighted by atomic mass is 9.78. The molecule has 0 atom stereocenters. The summed E-state index contributed by atoms with van der Waals surface area (Å²) >= 11 is 1.67.